The first-order valence-corrected chi connectivity index (χ1v) is 7.86. The Kier molecular flexibility index (Phi) is 6.91. The molecule has 2 aromatic rings. The lowest BCUT2D eigenvalue weighted by atomic mass is 10.0. The minimum atomic E-state index is -1.43. The fourth-order valence-corrected chi connectivity index (χ4v) is 2.21. The van der Waals surface area contributed by atoms with Crippen LogP contribution < -0.4 is 10.1 Å². The molecule has 2 unspecified atom stereocenters. The van der Waals surface area contributed by atoms with Crippen LogP contribution in [0.25, 0.3) is 0 Å². The molecular formula is C18H20N2O5. The molecule has 1 aromatic carbocycles. The van der Waals surface area contributed by atoms with Crippen molar-refractivity contribution in [3.05, 3.63) is 60.4 Å². The van der Waals surface area contributed by atoms with Gasteiger partial charge in [-0.05, 0) is 36.2 Å². The maximum atomic E-state index is 12.0. The second kappa shape index (κ2) is 9.39. The monoisotopic (exact) mass is 344 g/mol. The SMILES string of the molecule is O=C(CCCOc1ccccc1)NC(C(=O)O)C(O)c1ccncc1. The fraction of sp³-hybridized carbons (Fsp3) is 0.278. The van der Waals surface area contributed by atoms with Gasteiger partial charge in [-0.25, -0.2) is 4.79 Å². The molecule has 7 heteroatoms. The molecule has 0 radical (unpaired) electrons. The zero-order chi connectivity index (χ0) is 18.1. The Morgan fingerprint density at radius 2 is 1.80 bits per heavy atom. The van der Waals surface area contributed by atoms with E-state index in [1.807, 2.05) is 30.3 Å². The number of amides is 1. The van der Waals surface area contributed by atoms with Gasteiger partial charge in [-0.15, -0.1) is 0 Å². The Hall–Kier alpha value is -2.93. The van der Waals surface area contributed by atoms with E-state index < -0.39 is 24.0 Å². The van der Waals surface area contributed by atoms with Gasteiger partial charge >= 0.3 is 5.97 Å². The van der Waals surface area contributed by atoms with Gasteiger partial charge < -0.3 is 20.3 Å². The number of para-hydroxylation sites is 1. The molecule has 0 saturated carbocycles. The molecule has 0 bridgehead atoms. The number of ether oxygens (including phenoxy) is 1. The summed E-state index contributed by atoms with van der Waals surface area (Å²) in [5.74, 6) is -1.06. The van der Waals surface area contributed by atoms with E-state index in [-0.39, 0.29) is 6.42 Å². The topological polar surface area (TPSA) is 109 Å². The molecule has 0 fully saturated rings. The van der Waals surface area contributed by atoms with E-state index in [0.29, 0.717) is 24.3 Å². The van der Waals surface area contributed by atoms with Crippen LogP contribution in [-0.2, 0) is 9.59 Å². The smallest absolute Gasteiger partial charge is 0.329 e. The van der Waals surface area contributed by atoms with Gasteiger partial charge in [0.25, 0.3) is 0 Å². The molecule has 132 valence electrons. The van der Waals surface area contributed by atoms with E-state index in [0.717, 1.165) is 0 Å². The number of rotatable bonds is 9. The average molecular weight is 344 g/mol. The van der Waals surface area contributed by atoms with Crippen LogP contribution in [0.1, 0.15) is 24.5 Å². The maximum Gasteiger partial charge on any atom is 0.329 e. The van der Waals surface area contributed by atoms with E-state index in [1.54, 1.807) is 0 Å². The Morgan fingerprint density at radius 3 is 2.44 bits per heavy atom. The molecule has 0 aliphatic rings. The van der Waals surface area contributed by atoms with Gasteiger partial charge in [-0.1, -0.05) is 18.2 Å². The van der Waals surface area contributed by atoms with Crippen molar-refractivity contribution >= 4 is 11.9 Å². The van der Waals surface area contributed by atoms with E-state index in [4.69, 9.17) is 4.74 Å². The number of carboxylic acids is 1. The van der Waals surface area contributed by atoms with Crippen molar-refractivity contribution in [2.45, 2.75) is 25.0 Å². The number of hydrogen-bond donors (Lipinski definition) is 3. The number of aliphatic hydroxyl groups is 1. The summed E-state index contributed by atoms with van der Waals surface area (Å²) in [5, 5.41) is 21.8. The molecule has 0 aliphatic heterocycles. The van der Waals surface area contributed by atoms with E-state index in [1.165, 1.54) is 24.5 Å². The molecule has 7 nitrogen and oxygen atoms in total. The number of benzene rings is 1. The highest BCUT2D eigenvalue weighted by Crippen LogP contribution is 2.16. The van der Waals surface area contributed by atoms with Crippen LogP contribution in [0, 0.1) is 0 Å². The highest BCUT2D eigenvalue weighted by Gasteiger charge is 2.29. The molecular weight excluding hydrogens is 324 g/mol. The largest absolute Gasteiger partial charge is 0.494 e. The predicted molar refractivity (Wildman–Crippen MR) is 89.9 cm³/mol. The number of hydrogen-bond acceptors (Lipinski definition) is 5. The number of nitrogens with one attached hydrogen (secondary N) is 1. The Morgan fingerprint density at radius 1 is 1.12 bits per heavy atom. The Balaban J connectivity index is 1.81. The van der Waals surface area contributed by atoms with Crippen molar-refractivity contribution in [1.29, 1.82) is 0 Å². The zero-order valence-electron chi connectivity index (χ0n) is 13.5. The van der Waals surface area contributed by atoms with Crippen molar-refractivity contribution in [2.75, 3.05) is 6.61 Å². The summed E-state index contributed by atoms with van der Waals surface area (Å²) in [5.41, 5.74) is 0.370. The minimum absolute atomic E-state index is 0.0969. The molecule has 1 aromatic heterocycles. The third kappa shape index (κ3) is 5.89. The summed E-state index contributed by atoms with van der Waals surface area (Å²) in [4.78, 5) is 27.1. The first-order valence-electron chi connectivity index (χ1n) is 7.86. The van der Waals surface area contributed by atoms with E-state index in [9.17, 15) is 19.8 Å². The van der Waals surface area contributed by atoms with Gasteiger partial charge in [0.05, 0.1) is 6.61 Å². The van der Waals surface area contributed by atoms with E-state index in [2.05, 4.69) is 10.3 Å². The van der Waals surface area contributed by atoms with Gasteiger partial charge in [0.2, 0.25) is 5.91 Å². The van der Waals surface area contributed by atoms with Gasteiger partial charge in [0.15, 0.2) is 6.04 Å². The molecule has 2 atom stereocenters. The lowest BCUT2D eigenvalue weighted by Crippen LogP contribution is -2.45. The lowest BCUT2D eigenvalue weighted by molar-refractivity contribution is -0.145. The molecule has 25 heavy (non-hydrogen) atoms. The quantitative estimate of drug-likeness (QED) is 0.596. The van der Waals surface area contributed by atoms with Gasteiger partial charge in [0, 0.05) is 18.8 Å². The third-order valence-electron chi connectivity index (χ3n) is 3.51. The number of carboxylic acid groups (broad SMARTS) is 1. The molecule has 3 N–H and O–H groups in total. The summed E-state index contributed by atoms with van der Waals surface area (Å²) < 4.78 is 5.47. The van der Waals surface area contributed by atoms with Crippen LogP contribution >= 0.6 is 0 Å². The summed E-state index contributed by atoms with van der Waals surface area (Å²) in [6.07, 6.45) is 2.06. The van der Waals surface area contributed by atoms with Gasteiger partial charge in [-0.3, -0.25) is 9.78 Å². The minimum Gasteiger partial charge on any atom is -0.494 e. The number of carbonyl (C=O) groups excluding carboxylic acids is 1. The lowest BCUT2D eigenvalue weighted by Gasteiger charge is -2.20. The molecule has 1 amide bonds. The normalized spacial score (nSPS) is 12.8. The second-order valence-electron chi connectivity index (χ2n) is 5.37. The number of pyridine rings is 1. The number of aromatic nitrogens is 1. The number of aliphatic hydroxyl groups excluding tert-OH is 1. The Bertz CT molecular complexity index is 678. The van der Waals surface area contributed by atoms with Crippen molar-refractivity contribution in [2.24, 2.45) is 0 Å². The summed E-state index contributed by atoms with van der Waals surface area (Å²) in [7, 11) is 0. The summed E-state index contributed by atoms with van der Waals surface area (Å²) in [6.45, 7) is 0.335. The molecule has 0 saturated heterocycles. The van der Waals surface area contributed by atoms with Crippen LogP contribution in [0.4, 0.5) is 0 Å². The summed E-state index contributed by atoms with van der Waals surface area (Å²) in [6, 6.07) is 10.8. The predicted octanol–water partition coefficient (Wildman–Crippen LogP) is 1.54. The molecule has 1 heterocycles. The number of nitrogens with zero attached hydrogens (tertiary/aromatic N) is 1. The highest BCUT2D eigenvalue weighted by atomic mass is 16.5. The molecule has 0 spiro atoms. The van der Waals surface area contributed by atoms with Gasteiger partial charge in [0.1, 0.15) is 11.9 Å². The van der Waals surface area contributed by atoms with Crippen LogP contribution in [0.2, 0.25) is 0 Å². The fourth-order valence-electron chi connectivity index (χ4n) is 2.21. The van der Waals surface area contributed by atoms with Crippen molar-refractivity contribution in [1.82, 2.24) is 10.3 Å². The van der Waals surface area contributed by atoms with E-state index >= 15 is 0 Å². The standard InChI is InChI=1S/C18H20N2O5/c21-15(7-4-12-25-14-5-2-1-3-6-14)20-16(18(23)24)17(22)13-8-10-19-11-9-13/h1-3,5-6,8-11,16-17,22H,4,7,12H2,(H,20,21)(H,23,24). The number of carbonyl (C=O) groups is 2. The van der Waals surface area contributed by atoms with Crippen LogP contribution in [-0.4, -0.2) is 39.7 Å². The van der Waals surface area contributed by atoms with Crippen LogP contribution in [0.15, 0.2) is 54.9 Å². The average Bonchev–Trinajstić information content (AvgIpc) is 2.64. The van der Waals surface area contributed by atoms with Crippen LogP contribution in [0.3, 0.4) is 0 Å². The van der Waals surface area contributed by atoms with Gasteiger partial charge in [-0.2, -0.15) is 0 Å². The Labute approximate surface area is 145 Å². The highest BCUT2D eigenvalue weighted by molar-refractivity contribution is 5.84. The zero-order valence-corrected chi connectivity index (χ0v) is 13.5. The first kappa shape index (κ1) is 18.4. The second-order valence-corrected chi connectivity index (χ2v) is 5.37. The van der Waals surface area contributed by atoms with Crippen LogP contribution in [0.5, 0.6) is 5.75 Å². The molecule has 0 aliphatic carbocycles. The number of aliphatic carboxylic acids is 1. The molecule has 2 rings (SSSR count). The summed E-state index contributed by atoms with van der Waals surface area (Å²) >= 11 is 0. The third-order valence-corrected chi connectivity index (χ3v) is 3.51. The van der Waals surface area contributed by atoms with Crippen molar-refractivity contribution in [3.63, 3.8) is 0 Å². The maximum absolute atomic E-state index is 12.0. The van der Waals surface area contributed by atoms with Crippen molar-refractivity contribution < 1.29 is 24.5 Å². The van der Waals surface area contributed by atoms with Crippen molar-refractivity contribution in [3.8, 4) is 5.75 Å². The first-order chi connectivity index (χ1) is 12.1.